The van der Waals surface area contributed by atoms with Crippen molar-refractivity contribution in [2.75, 3.05) is 0 Å². The molecule has 0 aliphatic rings. The van der Waals surface area contributed by atoms with Gasteiger partial charge in [0.1, 0.15) is 0 Å². The molecule has 0 unspecified atom stereocenters. The second kappa shape index (κ2) is 9.60. The van der Waals surface area contributed by atoms with Crippen molar-refractivity contribution in [2.45, 2.75) is 0 Å². The van der Waals surface area contributed by atoms with Crippen LogP contribution >= 0.6 is 0 Å². The highest BCUT2D eigenvalue weighted by Gasteiger charge is 2.25. The molecule has 7 aromatic carbocycles. The average Bonchev–Trinajstić information content (AvgIpc) is 3.66. The first kappa shape index (κ1) is 26.7. The predicted molar refractivity (Wildman–Crippen MR) is 199 cm³/mol. The maximum atomic E-state index is 9.45. The van der Waals surface area contributed by atoms with Gasteiger partial charge in [0.25, 0.3) is 0 Å². The molecular formula is C43H21N7. The number of nitriles is 1. The van der Waals surface area contributed by atoms with Gasteiger partial charge in [0.15, 0.2) is 17.3 Å². The summed E-state index contributed by atoms with van der Waals surface area (Å²) in [4.78, 5) is 18.8. The van der Waals surface area contributed by atoms with Crippen molar-refractivity contribution in [2.24, 2.45) is 0 Å². The fourth-order valence-electron chi connectivity index (χ4n) is 7.97. The molecule has 0 saturated heterocycles. The Kier molecular flexibility index (Phi) is 5.13. The minimum Gasteiger partial charge on any atom is -0.308 e. The van der Waals surface area contributed by atoms with Crippen LogP contribution in [0.25, 0.3) is 104 Å². The smallest absolute Gasteiger partial charge is 0.238 e. The van der Waals surface area contributed by atoms with Crippen molar-refractivity contribution in [3.8, 4) is 34.8 Å². The minimum absolute atomic E-state index is 0.494. The number of fused-ring (bicyclic) bond motifs is 4. The molecule has 0 N–H and O–H groups in total. The Labute approximate surface area is 284 Å². The molecule has 0 spiro atoms. The Bertz CT molecular complexity index is 3190. The SMILES string of the molecule is [C-]#[N+]c1ccc(-c2nc(-c3ccc(C#N)cc3)nc(-n3c4ccc5cccc6c5c4c4c5c(ccc7c8ccccc8n6c75)ccc43)n2)cc1. The van der Waals surface area contributed by atoms with Crippen LogP contribution in [0.4, 0.5) is 5.69 Å². The standard InChI is InChI=1S/C43H21N7/c1-45-29-18-13-28(14-19-29)42-46-41(27-11-9-24(23-44)10-12-27)47-43(48-42)50-34-21-16-25-5-4-8-33-36(25)38(34)39-35(50)22-17-26-15-20-31-30-6-2-3-7-32(30)49(33)40(31)37(26)39/h2-22H. The summed E-state index contributed by atoms with van der Waals surface area (Å²) >= 11 is 0. The lowest BCUT2D eigenvalue weighted by Crippen LogP contribution is -2.06. The molecule has 0 atom stereocenters. The van der Waals surface area contributed by atoms with Crippen molar-refractivity contribution < 1.29 is 0 Å². The maximum Gasteiger partial charge on any atom is 0.238 e. The summed E-state index contributed by atoms with van der Waals surface area (Å²) in [5.74, 6) is 1.49. The molecule has 4 aromatic heterocycles. The lowest BCUT2D eigenvalue weighted by molar-refractivity contribution is 0.954. The van der Waals surface area contributed by atoms with E-state index < -0.39 is 0 Å². The first-order valence-electron chi connectivity index (χ1n) is 16.3. The van der Waals surface area contributed by atoms with Crippen LogP contribution in [0.2, 0.25) is 0 Å². The van der Waals surface area contributed by atoms with Crippen molar-refractivity contribution in [1.29, 1.82) is 5.26 Å². The first-order valence-corrected chi connectivity index (χ1v) is 16.3. The van der Waals surface area contributed by atoms with Crippen LogP contribution < -0.4 is 0 Å². The van der Waals surface area contributed by atoms with Crippen LogP contribution in [0.3, 0.4) is 0 Å². The molecule has 11 rings (SSSR count). The van der Waals surface area contributed by atoms with Gasteiger partial charge < -0.3 is 4.40 Å². The van der Waals surface area contributed by atoms with E-state index in [9.17, 15) is 5.26 Å². The van der Waals surface area contributed by atoms with Gasteiger partial charge in [-0.2, -0.15) is 15.2 Å². The van der Waals surface area contributed by atoms with E-state index in [0.29, 0.717) is 28.8 Å². The van der Waals surface area contributed by atoms with Gasteiger partial charge in [0, 0.05) is 43.4 Å². The van der Waals surface area contributed by atoms with Crippen LogP contribution in [-0.4, -0.2) is 23.9 Å². The molecule has 0 saturated carbocycles. The van der Waals surface area contributed by atoms with Gasteiger partial charge in [-0.05, 0) is 59.3 Å². The molecule has 0 aliphatic heterocycles. The molecule has 228 valence electrons. The summed E-state index contributed by atoms with van der Waals surface area (Å²) in [6.07, 6.45) is 0. The Balaban J connectivity index is 1.32. The zero-order valence-electron chi connectivity index (χ0n) is 26.3. The Hall–Kier alpha value is -7.35. The fraction of sp³-hybridized carbons (Fsp3) is 0. The van der Waals surface area contributed by atoms with Crippen molar-refractivity contribution >= 4 is 76.4 Å². The third-order valence-electron chi connectivity index (χ3n) is 10.1. The number of hydrogen-bond donors (Lipinski definition) is 0. The zero-order chi connectivity index (χ0) is 33.1. The van der Waals surface area contributed by atoms with E-state index in [1.165, 1.54) is 54.1 Å². The van der Waals surface area contributed by atoms with E-state index in [1.54, 1.807) is 24.3 Å². The van der Waals surface area contributed by atoms with Gasteiger partial charge in [0.05, 0.1) is 45.8 Å². The average molecular weight is 636 g/mol. The van der Waals surface area contributed by atoms with E-state index in [1.807, 2.05) is 24.3 Å². The lowest BCUT2D eigenvalue weighted by atomic mass is 9.98. The number of nitrogens with zero attached hydrogens (tertiary/aromatic N) is 7. The van der Waals surface area contributed by atoms with Crippen LogP contribution in [0.1, 0.15) is 5.56 Å². The minimum atomic E-state index is 0.494. The van der Waals surface area contributed by atoms with Gasteiger partial charge in [-0.15, -0.1) is 0 Å². The summed E-state index contributed by atoms with van der Waals surface area (Å²) in [7, 11) is 0. The topological polar surface area (TPSA) is 76.2 Å². The van der Waals surface area contributed by atoms with Gasteiger partial charge in [-0.1, -0.05) is 78.9 Å². The van der Waals surface area contributed by atoms with Crippen LogP contribution in [0.15, 0.2) is 127 Å². The molecule has 0 radical (unpaired) electrons. The number of rotatable bonds is 3. The normalized spacial score (nSPS) is 12.0. The highest BCUT2D eigenvalue weighted by atomic mass is 15.2. The van der Waals surface area contributed by atoms with Crippen molar-refractivity contribution in [3.05, 3.63) is 144 Å². The van der Waals surface area contributed by atoms with E-state index in [0.717, 1.165) is 27.7 Å². The second-order valence-corrected chi connectivity index (χ2v) is 12.7. The molecule has 0 aliphatic carbocycles. The summed E-state index contributed by atoms with van der Waals surface area (Å²) in [6, 6.07) is 45.3. The maximum absolute atomic E-state index is 9.45. The van der Waals surface area contributed by atoms with Gasteiger partial charge in [0.2, 0.25) is 5.95 Å². The zero-order valence-corrected chi connectivity index (χ0v) is 26.3. The number of benzene rings is 7. The highest BCUT2D eigenvalue weighted by Crippen LogP contribution is 2.47. The summed E-state index contributed by atoms with van der Waals surface area (Å²) in [6.45, 7) is 7.44. The Morgan fingerprint density at radius 3 is 1.90 bits per heavy atom. The first-order chi connectivity index (χ1) is 24.7. The molecule has 7 nitrogen and oxygen atoms in total. The third-order valence-corrected chi connectivity index (χ3v) is 10.1. The number of hydrogen-bond acceptors (Lipinski definition) is 4. The summed E-state index contributed by atoms with van der Waals surface area (Å²) < 4.78 is 4.62. The summed E-state index contributed by atoms with van der Waals surface area (Å²) in [5.41, 5.74) is 8.22. The van der Waals surface area contributed by atoms with Crippen LogP contribution in [0.5, 0.6) is 0 Å². The molecule has 4 heterocycles. The van der Waals surface area contributed by atoms with Gasteiger partial charge in [-0.3, -0.25) is 4.57 Å². The Morgan fingerprint density at radius 2 is 1.18 bits per heavy atom. The largest absolute Gasteiger partial charge is 0.308 e. The summed E-state index contributed by atoms with van der Waals surface area (Å²) in [5, 5.41) is 19.0. The Morgan fingerprint density at radius 1 is 0.540 bits per heavy atom. The van der Waals surface area contributed by atoms with Crippen LogP contribution in [-0.2, 0) is 0 Å². The molecule has 50 heavy (non-hydrogen) atoms. The highest BCUT2D eigenvalue weighted by molar-refractivity contribution is 6.37. The lowest BCUT2D eigenvalue weighted by Gasteiger charge is -2.12. The molecule has 0 amide bonds. The monoisotopic (exact) mass is 635 g/mol. The van der Waals surface area contributed by atoms with E-state index in [-0.39, 0.29) is 0 Å². The molecule has 0 bridgehead atoms. The number of aromatic nitrogens is 5. The molecule has 0 fully saturated rings. The van der Waals surface area contributed by atoms with Crippen molar-refractivity contribution in [3.63, 3.8) is 0 Å². The van der Waals surface area contributed by atoms with E-state index in [2.05, 4.69) is 98.7 Å². The second-order valence-electron chi connectivity index (χ2n) is 12.7. The third kappa shape index (κ3) is 3.42. The van der Waals surface area contributed by atoms with E-state index in [4.69, 9.17) is 21.5 Å². The quantitative estimate of drug-likeness (QED) is 0.181. The van der Waals surface area contributed by atoms with Crippen LogP contribution in [0, 0.1) is 17.9 Å². The molecular weight excluding hydrogens is 615 g/mol. The fourth-order valence-corrected chi connectivity index (χ4v) is 7.97. The van der Waals surface area contributed by atoms with Crippen molar-refractivity contribution in [1.82, 2.24) is 23.9 Å². The van der Waals surface area contributed by atoms with E-state index >= 15 is 0 Å². The van der Waals surface area contributed by atoms with Gasteiger partial charge in [-0.25, -0.2) is 9.83 Å². The van der Waals surface area contributed by atoms with Gasteiger partial charge >= 0.3 is 0 Å². The number of para-hydroxylation sites is 1. The molecule has 7 heteroatoms. The predicted octanol–water partition coefficient (Wildman–Crippen LogP) is 10.5. The molecule has 11 aromatic rings.